The molecule has 2 aliphatic heterocycles. The Morgan fingerprint density at radius 1 is 0.633 bits per heavy atom. The minimum atomic E-state index is 0. The van der Waals surface area contributed by atoms with E-state index in [0.29, 0.717) is 10.2 Å². The van der Waals surface area contributed by atoms with Gasteiger partial charge in [0.2, 0.25) is 11.7 Å². The van der Waals surface area contributed by atoms with Crippen LogP contribution in [0.1, 0.15) is 11.1 Å². The fourth-order valence-corrected chi connectivity index (χ4v) is 2.61. The van der Waals surface area contributed by atoms with Gasteiger partial charge in [-0.2, -0.15) is 10.0 Å². The van der Waals surface area contributed by atoms with Crippen LogP contribution in [0.3, 0.4) is 0 Å². The second kappa shape index (κ2) is 15.0. The van der Waals surface area contributed by atoms with Gasteiger partial charge in [-0.1, -0.05) is 70.9 Å². The number of amidine groups is 2. The van der Waals surface area contributed by atoms with Gasteiger partial charge in [-0.25, -0.2) is 11.7 Å². The number of hydrazine groups is 2. The van der Waals surface area contributed by atoms with Gasteiger partial charge in [0, 0.05) is 11.1 Å². The van der Waals surface area contributed by atoms with E-state index in [9.17, 15) is 0 Å². The molecular weight excluding hydrogens is 544 g/mol. The first kappa shape index (κ1) is 31.3. The molecular formula is C16H20Fe2N8S4+6. The van der Waals surface area contributed by atoms with E-state index in [1.54, 1.807) is 10.9 Å². The molecule has 2 aromatic rings. The number of nitrogens with zero attached hydrogens (tertiary/aromatic N) is 4. The maximum atomic E-state index is 5.71. The Morgan fingerprint density at radius 2 is 0.933 bits per heavy atom. The number of hydrogen-bond donors (Lipinski definition) is 4. The summed E-state index contributed by atoms with van der Waals surface area (Å²) >= 11 is 8.29. The van der Waals surface area contributed by atoms with Crippen LogP contribution in [0.4, 0.5) is 0 Å². The first-order valence-corrected chi connectivity index (χ1v) is 8.61. The summed E-state index contributed by atoms with van der Waals surface area (Å²) in [5.41, 5.74) is 5.24. The molecule has 8 N–H and O–H groups in total. The molecule has 8 nitrogen and oxygen atoms in total. The maximum Gasteiger partial charge on any atom is 3.00 e. The fraction of sp³-hybridized carbons (Fsp3) is 0. The molecule has 0 saturated heterocycles. The Morgan fingerprint density at radius 3 is 1.17 bits per heavy atom. The molecule has 2 aliphatic rings. The maximum absolute atomic E-state index is 5.71. The van der Waals surface area contributed by atoms with E-state index in [-0.39, 0.29) is 61.1 Å². The molecule has 158 valence electrons. The van der Waals surface area contributed by atoms with Crippen LogP contribution in [-0.4, -0.2) is 31.9 Å². The quantitative estimate of drug-likeness (QED) is 0.102. The topological polar surface area (TPSA) is 116 Å². The van der Waals surface area contributed by atoms with Gasteiger partial charge >= 0.3 is 44.4 Å². The molecule has 4 rings (SSSR count). The summed E-state index contributed by atoms with van der Waals surface area (Å²) in [6.07, 6.45) is 0. The molecule has 0 spiro atoms. The fourth-order valence-electron chi connectivity index (χ4n) is 2.31. The Kier molecular flexibility index (Phi) is 15.7. The zero-order chi connectivity index (χ0) is 18.5. The van der Waals surface area contributed by atoms with E-state index in [4.69, 9.17) is 11.7 Å². The van der Waals surface area contributed by atoms with Crippen molar-refractivity contribution < 1.29 is 45.0 Å². The smallest absolute Gasteiger partial charge is 2.00 e. The predicted octanol–water partition coefficient (Wildman–Crippen LogP) is -3.07. The van der Waals surface area contributed by atoms with E-state index in [2.05, 4.69) is 34.6 Å². The molecule has 2 heterocycles. The number of thiol groups is 2. The minimum Gasteiger partial charge on any atom is -2.00 e. The van der Waals surface area contributed by atoms with Gasteiger partial charge < -0.3 is 27.0 Å². The third kappa shape index (κ3) is 7.68. The second-order valence-electron chi connectivity index (χ2n) is 5.35. The number of nitrogens with two attached hydrogens (primary N) is 4. The summed E-state index contributed by atoms with van der Waals surface area (Å²) in [6.45, 7) is 0. The van der Waals surface area contributed by atoms with Gasteiger partial charge in [0.05, 0.1) is 0 Å². The first-order chi connectivity index (χ1) is 12.6. The molecule has 0 amide bonds. The monoisotopic (exact) mass is 564 g/mol. The molecule has 0 saturated carbocycles. The zero-order valence-corrected chi connectivity index (χ0v) is 20.9. The zero-order valence-electron chi connectivity index (χ0n) is 15.3. The molecule has 2 aromatic carbocycles. The molecule has 2 radical (unpaired) electrons. The van der Waals surface area contributed by atoms with Crippen molar-refractivity contribution in [2.75, 3.05) is 0 Å². The molecule has 0 aromatic heterocycles. The standard InChI is InChI=1S/2C8H8N4S.2Fe.2S/c2*9-12-7(10-11-8(12)13)6-4-2-1-3-5-6;;;;/h2*1-5H,9H2,(H,11,13);;;;/q;;2*+3;2*-2/p+4. The number of rotatable bonds is 2. The Labute approximate surface area is 220 Å². The van der Waals surface area contributed by atoms with Crippen LogP contribution in [0.15, 0.2) is 70.9 Å². The minimum absolute atomic E-state index is 0. The summed E-state index contributed by atoms with van der Waals surface area (Å²) < 4.78 is 0. The number of hydrogen-bond acceptors (Lipinski definition) is 4. The van der Waals surface area contributed by atoms with Crippen molar-refractivity contribution in [2.45, 2.75) is 0 Å². The second-order valence-corrected chi connectivity index (χ2v) is 6.27. The average Bonchev–Trinajstić information content (AvgIpc) is 3.19. The number of quaternary nitrogens is 2. The molecule has 30 heavy (non-hydrogen) atoms. The van der Waals surface area contributed by atoms with Gasteiger partial charge in [0.1, 0.15) is 0 Å². The summed E-state index contributed by atoms with van der Waals surface area (Å²) in [4.78, 5) is 0. The van der Waals surface area contributed by atoms with Gasteiger partial charge in [0.15, 0.2) is 0 Å². The molecule has 0 unspecified atom stereocenters. The Bertz CT molecular complexity index is 810. The van der Waals surface area contributed by atoms with E-state index < -0.39 is 0 Å². The van der Waals surface area contributed by atoms with Crippen molar-refractivity contribution >= 4 is 73.3 Å². The van der Waals surface area contributed by atoms with E-state index >= 15 is 0 Å². The third-order valence-electron chi connectivity index (χ3n) is 3.62. The largest absolute Gasteiger partial charge is 3.00 e. The molecule has 14 heteroatoms. The Hall–Kier alpha value is -0.861. The van der Waals surface area contributed by atoms with Gasteiger partial charge in [-0.3, -0.25) is 0 Å². The van der Waals surface area contributed by atoms with Crippen molar-refractivity contribution in [3.63, 3.8) is 0 Å². The summed E-state index contributed by atoms with van der Waals surface area (Å²) in [5.74, 6) is 12.9. The van der Waals surface area contributed by atoms with Crippen LogP contribution < -0.4 is 22.5 Å². The van der Waals surface area contributed by atoms with Gasteiger partial charge in [0.25, 0.3) is 24.4 Å². The van der Waals surface area contributed by atoms with Crippen LogP contribution in [0.5, 0.6) is 0 Å². The van der Waals surface area contributed by atoms with Crippen LogP contribution in [0.2, 0.25) is 0 Å². The SMILES string of the molecule is NN1C(=[SH+])[NH2+]N=C1c1ccccc1.NN1C(=[SH+])[NH2+]N=C1c1ccccc1.[Fe+3].[Fe+3].[S-2].[S-2]. The third-order valence-corrected chi connectivity index (χ3v) is 4.28. The predicted molar refractivity (Wildman–Crippen MR) is 124 cm³/mol. The summed E-state index contributed by atoms with van der Waals surface area (Å²) in [5, 5.41) is 12.5. The first-order valence-electron chi connectivity index (χ1n) is 7.72. The van der Waals surface area contributed by atoms with Crippen LogP contribution in [0.25, 0.3) is 0 Å². The average molecular weight is 564 g/mol. The van der Waals surface area contributed by atoms with Crippen LogP contribution >= 0.6 is 0 Å². The summed E-state index contributed by atoms with van der Waals surface area (Å²) in [7, 11) is 0. The van der Waals surface area contributed by atoms with Crippen molar-refractivity contribution in [3.05, 3.63) is 71.8 Å². The molecule has 0 fully saturated rings. The van der Waals surface area contributed by atoms with Crippen LogP contribution in [-0.2, 0) is 85.6 Å². The normalized spacial score (nSPS) is 14.1. The van der Waals surface area contributed by atoms with E-state index in [1.165, 1.54) is 10.0 Å². The van der Waals surface area contributed by atoms with E-state index in [1.807, 2.05) is 60.7 Å². The van der Waals surface area contributed by atoms with Crippen LogP contribution in [0, 0.1) is 0 Å². The summed E-state index contributed by atoms with van der Waals surface area (Å²) in [6, 6.07) is 19.5. The Balaban J connectivity index is 0. The van der Waals surface area contributed by atoms with Crippen molar-refractivity contribution in [2.24, 2.45) is 21.9 Å². The van der Waals surface area contributed by atoms with Gasteiger partial charge in [-0.05, 0) is 0 Å². The van der Waals surface area contributed by atoms with E-state index in [0.717, 1.165) is 22.8 Å². The molecule has 0 bridgehead atoms. The van der Waals surface area contributed by atoms with Gasteiger partial charge in [-0.15, -0.1) is 10.9 Å². The van der Waals surface area contributed by atoms with Crippen molar-refractivity contribution in [1.82, 2.24) is 10.0 Å². The van der Waals surface area contributed by atoms with Crippen molar-refractivity contribution in [3.8, 4) is 0 Å². The number of benzene rings is 2. The molecule has 0 atom stereocenters. The molecule has 0 aliphatic carbocycles. The van der Waals surface area contributed by atoms with Crippen molar-refractivity contribution in [1.29, 1.82) is 0 Å².